The number of carbonyl (C=O) groups excluding carboxylic acids is 13. The van der Waals surface area contributed by atoms with Crippen molar-refractivity contribution in [3.8, 4) is 0 Å². The molecule has 29 atom stereocenters. The lowest BCUT2D eigenvalue weighted by Crippen LogP contribution is -2.69. The lowest BCUT2D eigenvalue weighted by atomic mass is 9.44. The summed E-state index contributed by atoms with van der Waals surface area (Å²) in [6, 6.07) is 0. The normalized spacial score (nSPS) is 36.8. The van der Waals surface area contributed by atoms with Gasteiger partial charge in [0.2, 0.25) is 0 Å². The van der Waals surface area contributed by atoms with E-state index in [4.69, 9.17) is 99.5 Å². The van der Waals surface area contributed by atoms with E-state index in [2.05, 4.69) is 20.8 Å². The van der Waals surface area contributed by atoms with Crippen LogP contribution in [0.15, 0.2) is 0 Å². The number of rotatable bonds is 31. The Balaban J connectivity index is 1.09. The molecule has 0 aromatic rings. The molecule has 8 fully saturated rings. The van der Waals surface area contributed by atoms with Crippen molar-refractivity contribution < 1.29 is 162 Å². The first kappa shape index (κ1) is 89.3. The number of carbonyl (C=O) groups is 13. The Kier molecular flexibility index (Phi) is 32.0. The Morgan fingerprint density at radius 2 is 0.667 bits per heavy atom. The fourth-order valence-electron chi connectivity index (χ4n) is 18.8. The van der Waals surface area contributed by atoms with Gasteiger partial charge in [0.25, 0.3) is 0 Å². The summed E-state index contributed by atoms with van der Waals surface area (Å²) in [5.41, 5.74) is 0.756. The molecule has 34 nitrogen and oxygen atoms in total. The van der Waals surface area contributed by atoms with Crippen molar-refractivity contribution in [2.24, 2.45) is 52.3 Å². The molecule has 111 heavy (non-hydrogen) atoms. The molecular weight excluding hydrogens is 1470 g/mol. The Morgan fingerprint density at radius 3 is 1.05 bits per heavy atom. The van der Waals surface area contributed by atoms with Gasteiger partial charge in [-0.1, -0.05) is 53.4 Å². The monoisotopic (exact) mass is 1580 g/mol. The third-order valence-corrected chi connectivity index (χ3v) is 23.0. The molecule has 2 unspecified atom stereocenters. The van der Waals surface area contributed by atoms with Gasteiger partial charge in [-0.05, 0) is 110 Å². The van der Waals surface area contributed by atoms with E-state index in [1.165, 1.54) is 64.2 Å². The summed E-state index contributed by atoms with van der Waals surface area (Å²) in [4.78, 5) is 170. The quantitative estimate of drug-likeness (QED) is 0.0551. The van der Waals surface area contributed by atoms with E-state index in [1.54, 1.807) is 0 Å². The highest BCUT2D eigenvalue weighted by Crippen LogP contribution is 2.68. The van der Waals surface area contributed by atoms with Gasteiger partial charge in [-0.3, -0.25) is 62.3 Å². The molecule has 8 aliphatic rings. The van der Waals surface area contributed by atoms with E-state index >= 15 is 0 Å². The van der Waals surface area contributed by atoms with Gasteiger partial charge in [0.15, 0.2) is 80.1 Å². The topological polar surface area (TPSA) is 416 Å². The first-order chi connectivity index (χ1) is 52.3. The molecule has 0 radical (unpaired) electrons. The van der Waals surface area contributed by atoms with E-state index in [0.29, 0.717) is 22.7 Å². The fraction of sp³-hybridized carbons (Fsp3) is 0.831. The summed E-state index contributed by atoms with van der Waals surface area (Å²) >= 11 is 0. The first-order valence-electron chi connectivity index (χ1n) is 38.6. The third kappa shape index (κ3) is 23.3. The summed E-state index contributed by atoms with van der Waals surface area (Å²) in [6.07, 6.45) is -22.0. The van der Waals surface area contributed by atoms with Crippen LogP contribution in [-0.4, -0.2) is 233 Å². The van der Waals surface area contributed by atoms with Crippen molar-refractivity contribution in [2.45, 2.75) is 324 Å². The average molecular weight is 1580 g/mol. The lowest BCUT2D eigenvalue weighted by Gasteiger charge is -2.61. The van der Waals surface area contributed by atoms with Crippen molar-refractivity contribution >= 4 is 77.6 Å². The molecule has 0 bridgehead atoms. The van der Waals surface area contributed by atoms with E-state index < -0.39 is 227 Å². The maximum absolute atomic E-state index is 13.6. The maximum Gasteiger partial charge on any atom is 0.303 e. The number of hydrogen-bond donors (Lipinski definition) is 0. The minimum atomic E-state index is -2.21. The average Bonchev–Trinajstić information content (AvgIpc) is 1.67. The van der Waals surface area contributed by atoms with Crippen LogP contribution in [-0.2, 0) is 162 Å². The molecule has 0 spiro atoms. The van der Waals surface area contributed by atoms with Crippen LogP contribution in [0, 0.1) is 52.3 Å². The van der Waals surface area contributed by atoms with Crippen LogP contribution in [0.25, 0.3) is 0 Å². The zero-order valence-corrected chi connectivity index (χ0v) is 66.7. The van der Waals surface area contributed by atoms with Gasteiger partial charge < -0.3 is 99.5 Å². The molecule has 34 heteroatoms. The molecule has 626 valence electrons. The summed E-state index contributed by atoms with van der Waals surface area (Å²) in [5, 5.41) is 0. The Morgan fingerprint density at radius 1 is 0.333 bits per heavy atom. The summed E-state index contributed by atoms with van der Waals surface area (Å²) in [7, 11) is 0. The first-order valence-corrected chi connectivity index (χ1v) is 38.6. The van der Waals surface area contributed by atoms with Gasteiger partial charge in [-0.25, -0.2) is 0 Å². The van der Waals surface area contributed by atoms with Crippen LogP contribution in [0.4, 0.5) is 0 Å². The van der Waals surface area contributed by atoms with Gasteiger partial charge in [-0.15, -0.1) is 0 Å². The van der Waals surface area contributed by atoms with Gasteiger partial charge in [-0.2, -0.15) is 0 Å². The molecule has 4 aliphatic carbocycles. The molecule has 0 N–H and O–H groups in total. The van der Waals surface area contributed by atoms with Gasteiger partial charge in [0.05, 0.1) is 6.61 Å². The van der Waals surface area contributed by atoms with Crippen LogP contribution in [0.2, 0.25) is 0 Å². The zero-order valence-electron chi connectivity index (χ0n) is 66.7. The molecule has 4 heterocycles. The Bertz CT molecular complexity index is 3290. The SMILES string of the molecule is CC(=O)OC[C@H]1O[C@H](O[C@H]2[C@H](OC(C)=O)[C@@H](OC(C)=O)[C@@H](O[C@H]3[C@H](OC(C)=O)[C@@H](OC(C)=O)[C@@H](O[C@H]4[C@H](OC(C)=O)[C@@H](OC(C)=O)[C@H](OCC(C)CCC[C@@H](C)[C@H]5CC[C@H]6[C@@H]7CCC8CCCC[C@]8(C)[C@H]7CC[C@]56C)O[C@@H]4COC(C)=O)O[C@@H]3COC(C)=O)O[C@@H]2COC(C)=O)[C@H](OC(C)=O)[C@@H](OC(C)=O)[C@@H]1OC(C)=O. The Hall–Kier alpha value is -7.21. The van der Waals surface area contributed by atoms with Crippen molar-refractivity contribution in [1.29, 1.82) is 0 Å². The van der Waals surface area contributed by atoms with E-state index in [0.717, 1.165) is 133 Å². The predicted molar refractivity (Wildman–Crippen MR) is 374 cm³/mol. The molecule has 4 aliphatic heterocycles. The minimum Gasteiger partial charge on any atom is -0.463 e. The molecule has 0 amide bonds. The van der Waals surface area contributed by atoms with Crippen LogP contribution in [0.5, 0.6) is 0 Å². The highest BCUT2D eigenvalue weighted by molar-refractivity contribution is 5.71. The van der Waals surface area contributed by atoms with Crippen molar-refractivity contribution in [1.82, 2.24) is 0 Å². The second-order valence-corrected chi connectivity index (χ2v) is 31.3. The standard InChI is InChI=1S/C77H114O34/c1-36(21-20-22-37(2)53-26-27-54-52-25-24-51-23-18-19-29-76(51,16)55(52)28-30-77(53,54)17)31-95-72-68(101-47(12)87)65(98-44(9)84)61(57(105-72)33-92-39(4)79)109-74-70(103-49(14)89)67(100-46(11)86)63(59(107-74)35-94-41(6)81)111-75-71(104-50(15)90)66(99-45(10)85)62(58(108-75)34-93-40(5)80)110-73-69(102-48(13)88)64(97-43(8)83)60(96-42(7)82)56(106-73)32-91-38(3)78/h36-37,51-75H,18-35H2,1-17H3/t36?,37-,51?,52+,53-,54+,55+,56-,57-,58-,59-,60-,61-,62-,63-,64+,65+,66+,67+,68-,69-,70-,71-,72-,73-,74-,75-,76+,77-/m1/s1. The Labute approximate surface area is 646 Å². The molecule has 0 aromatic carbocycles. The van der Waals surface area contributed by atoms with Crippen molar-refractivity contribution in [3.05, 3.63) is 0 Å². The highest BCUT2D eigenvalue weighted by Gasteiger charge is 2.64. The van der Waals surface area contributed by atoms with E-state index in [1.807, 2.05) is 6.92 Å². The van der Waals surface area contributed by atoms with Crippen LogP contribution in [0.1, 0.15) is 201 Å². The smallest absolute Gasteiger partial charge is 0.303 e. The predicted octanol–water partition coefficient (Wildman–Crippen LogP) is 6.19. The molecule has 4 saturated carbocycles. The molecular formula is C77H114O34. The molecule has 8 rings (SSSR count). The maximum atomic E-state index is 13.6. The summed E-state index contributed by atoms with van der Waals surface area (Å²) in [6.45, 7) is 19.4. The van der Waals surface area contributed by atoms with E-state index in [9.17, 15) is 62.3 Å². The van der Waals surface area contributed by atoms with Gasteiger partial charge >= 0.3 is 77.6 Å². The highest BCUT2D eigenvalue weighted by atomic mass is 16.8. The third-order valence-electron chi connectivity index (χ3n) is 23.0. The van der Waals surface area contributed by atoms with Crippen LogP contribution < -0.4 is 0 Å². The molecule has 4 saturated heterocycles. The molecule has 0 aromatic heterocycles. The summed E-state index contributed by atoms with van der Waals surface area (Å²) in [5.74, 6) is -8.77. The summed E-state index contributed by atoms with van der Waals surface area (Å²) < 4.78 is 126. The number of esters is 13. The van der Waals surface area contributed by atoms with Gasteiger partial charge in [0, 0.05) is 90.0 Å². The second kappa shape index (κ2) is 39.7. The fourth-order valence-corrected chi connectivity index (χ4v) is 18.8. The number of fused-ring (bicyclic) bond motifs is 5. The number of hydrogen-bond acceptors (Lipinski definition) is 34. The lowest BCUT2D eigenvalue weighted by molar-refractivity contribution is -0.389. The van der Waals surface area contributed by atoms with Crippen molar-refractivity contribution in [2.75, 3.05) is 33.0 Å². The zero-order chi connectivity index (χ0) is 81.7. The number of ether oxygens (including phenoxy) is 21. The van der Waals surface area contributed by atoms with Crippen LogP contribution >= 0.6 is 0 Å². The second-order valence-electron chi connectivity index (χ2n) is 31.3. The van der Waals surface area contributed by atoms with Gasteiger partial charge in [0.1, 0.15) is 69.2 Å². The van der Waals surface area contributed by atoms with E-state index in [-0.39, 0.29) is 12.5 Å². The largest absolute Gasteiger partial charge is 0.463 e. The minimum absolute atomic E-state index is 0.0379. The van der Waals surface area contributed by atoms with Crippen molar-refractivity contribution in [3.63, 3.8) is 0 Å². The van der Waals surface area contributed by atoms with Crippen LogP contribution in [0.3, 0.4) is 0 Å².